The smallest absolute Gasteiger partial charge is 0.243 e. The van der Waals surface area contributed by atoms with Crippen LogP contribution in [0, 0.1) is 5.92 Å². The van der Waals surface area contributed by atoms with E-state index in [2.05, 4.69) is 26.5 Å². The van der Waals surface area contributed by atoms with E-state index in [0.717, 1.165) is 29.3 Å². The van der Waals surface area contributed by atoms with Gasteiger partial charge < -0.3 is 0 Å². The number of rotatable bonds is 3. The second-order valence-corrected chi connectivity index (χ2v) is 4.83. The van der Waals surface area contributed by atoms with Crippen molar-refractivity contribution in [1.29, 1.82) is 0 Å². The Hall–Kier alpha value is -1.16. The summed E-state index contributed by atoms with van der Waals surface area (Å²) in [6.07, 6.45) is 4.81. The van der Waals surface area contributed by atoms with Crippen LogP contribution in [0.3, 0.4) is 0 Å². The van der Waals surface area contributed by atoms with E-state index in [9.17, 15) is 4.79 Å². The van der Waals surface area contributed by atoms with E-state index in [1.165, 1.54) is 0 Å². The van der Waals surface area contributed by atoms with Gasteiger partial charge in [-0.15, -0.1) is 0 Å². The average Bonchev–Trinajstić information content (AvgIpc) is 2.15. The largest absolute Gasteiger partial charge is 0.273 e. The van der Waals surface area contributed by atoms with E-state index >= 15 is 0 Å². The maximum Gasteiger partial charge on any atom is 0.243 e. The number of hydrogen-bond acceptors (Lipinski definition) is 2. The molecular weight excluding hydrogens is 268 g/mol. The normalized spacial score (nSPS) is 16.1. The van der Waals surface area contributed by atoms with Gasteiger partial charge in [0, 0.05) is 10.4 Å². The molecule has 16 heavy (non-hydrogen) atoms. The molecule has 0 unspecified atom stereocenters. The lowest BCUT2D eigenvalue weighted by atomic mass is 9.85. The molecule has 1 aromatic carbocycles. The zero-order valence-electron chi connectivity index (χ0n) is 8.82. The quantitative estimate of drug-likeness (QED) is 0.671. The first-order valence-corrected chi connectivity index (χ1v) is 6.13. The molecule has 2 rings (SSSR count). The highest BCUT2D eigenvalue weighted by Crippen LogP contribution is 2.26. The number of carbonyl (C=O) groups is 1. The van der Waals surface area contributed by atoms with Crippen molar-refractivity contribution in [2.75, 3.05) is 0 Å². The summed E-state index contributed by atoms with van der Waals surface area (Å²) in [7, 11) is 0. The van der Waals surface area contributed by atoms with Gasteiger partial charge in [-0.2, -0.15) is 5.10 Å². The lowest BCUT2D eigenvalue weighted by Crippen LogP contribution is -2.31. The van der Waals surface area contributed by atoms with Crippen molar-refractivity contribution in [2.45, 2.75) is 19.3 Å². The number of nitrogens with zero attached hydrogens (tertiary/aromatic N) is 1. The summed E-state index contributed by atoms with van der Waals surface area (Å²) in [6.45, 7) is 0. The molecule has 1 fully saturated rings. The molecule has 0 aliphatic heterocycles. The van der Waals surface area contributed by atoms with E-state index in [1.807, 2.05) is 24.3 Å². The molecular formula is C12H13BrN2O. The molecule has 1 amide bonds. The van der Waals surface area contributed by atoms with Crippen molar-refractivity contribution in [3.63, 3.8) is 0 Å². The van der Waals surface area contributed by atoms with Crippen molar-refractivity contribution in [3.8, 4) is 0 Å². The number of carbonyl (C=O) groups excluding carboxylic acids is 1. The predicted octanol–water partition coefficient (Wildman–Crippen LogP) is 2.70. The lowest BCUT2D eigenvalue weighted by Gasteiger charge is -2.22. The van der Waals surface area contributed by atoms with Gasteiger partial charge in [0.2, 0.25) is 5.91 Å². The Morgan fingerprint density at radius 3 is 2.94 bits per heavy atom. The second kappa shape index (κ2) is 5.25. The van der Waals surface area contributed by atoms with Gasteiger partial charge in [-0.05, 0) is 30.5 Å². The number of nitrogens with one attached hydrogen (secondary N) is 1. The van der Waals surface area contributed by atoms with Gasteiger partial charge in [0.1, 0.15) is 0 Å². The van der Waals surface area contributed by atoms with Crippen molar-refractivity contribution >= 4 is 28.1 Å². The maximum absolute atomic E-state index is 11.4. The van der Waals surface area contributed by atoms with E-state index < -0.39 is 0 Å². The zero-order chi connectivity index (χ0) is 11.4. The molecule has 0 heterocycles. The molecule has 0 radical (unpaired) electrons. The summed E-state index contributed by atoms with van der Waals surface area (Å²) in [5.74, 6) is 0.220. The maximum atomic E-state index is 11.4. The molecule has 0 aromatic heterocycles. The van der Waals surface area contributed by atoms with E-state index in [0.29, 0.717) is 0 Å². The van der Waals surface area contributed by atoms with Gasteiger partial charge in [0.05, 0.1) is 6.21 Å². The fourth-order valence-corrected chi connectivity index (χ4v) is 1.94. The molecule has 3 nitrogen and oxygen atoms in total. The molecule has 1 aliphatic rings. The van der Waals surface area contributed by atoms with Gasteiger partial charge in [0.15, 0.2) is 0 Å². The Morgan fingerprint density at radius 1 is 1.50 bits per heavy atom. The first kappa shape index (κ1) is 11.3. The average molecular weight is 281 g/mol. The number of halogens is 1. The van der Waals surface area contributed by atoms with E-state index in [4.69, 9.17) is 0 Å². The van der Waals surface area contributed by atoms with Crippen LogP contribution >= 0.6 is 15.9 Å². The molecule has 1 N–H and O–H groups in total. The van der Waals surface area contributed by atoms with Crippen molar-refractivity contribution in [3.05, 3.63) is 34.3 Å². The molecule has 1 saturated carbocycles. The van der Waals surface area contributed by atoms with Gasteiger partial charge in [-0.3, -0.25) is 4.79 Å². The molecule has 4 heteroatoms. The summed E-state index contributed by atoms with van der Waals surface area (Å²) in [5.41, 5.74) is 3.53. The second-order valence-electron chi connectivity index (χ2n) is 3.92. The third kappa shape index (κ3) is 2.92. The Labute approximate surface area is 103 Å². The SMILES string of the molecule is O=C(NN=Cc1cccc(Br)c1)C1CCC1. The van der Waals surface area contributed by atoms with Gasteiger partial charge >= 0.3 is 0 Å². The van der Waals surface area contributed by atoms with Crippen LogP contribution in [0.5, 0.6) is 0 Å². The monoisotopic (exact) mass is 280 g/mol. The highest BCUT2D eigenvalue weighted by Gasteiger charge is 2.24. The van der Waals surface area contributed by atoms with Crippen LogP contribution in [0.1, 0.15) is 24.8 Å². The summed E-state index contributed by atoms with van der Waals surface area (Å²) < 4.78 is 1.00. The highest BCUT2D eigenvalue weighted by atomic mass is 79.9. The lowest BCUT2D eigenvalue weighted by molar-refractivity contribution is -0.127. The minimum Gasteiger partial charge on any atom is -0.273 e. The fourth-order valence-electron chi connectivity index (χ4n) is 1.52. The number of hydrogen-bond donors (Lipinski definition) is 1. The zero-order valence-corrected chi connectivity index (χ0v) is 10.4. The predicted molar refractivity (Wildman–Crippen MR) is 67.2 cm³/mol. The summed E-state index contributed by atoms with van der Waals surface area (Å²) in [5, 5.41) is 3.94. The number of benzene rings is 1. The van der Waals surface area contributed by atoms with Crippen LogP contribution in [-0.4, -0.2) is 12.1 Å². The van der Waals surface area contributed by atoms with Crippen molar-refractivity contribution in [1.82, 2.24) is 5.43 Å². The Kier molecular flexibility index (Phi) is 3.72. The van der Waals surface area contributed by atoms with Gasteiger partial charge in [-0.25, -0.2) is 5.43 Å². The molecule has 1 aliphatic carbocycles. The third-order valence-corrected chi connectivity index (χ3v) is 3.21. The molecule has 0 atom stereocenters. The molecule has 1 aromatic rings. The summed E-state index contributed by atoms with van der Waals surface area (Å²) >= 11 is 3.38. The number of amides is 1. The van der Waals surface area contributed by atoms with Gasteiger partial charge in [-0.1, -0.05) is 34.5 Å². The minimum atomic E-state index is 0.0393. The topological polar surface area (TPSA) is 41.5 Å². The Morgan fingerprint density at radius 2 is 2.31 bits per heavy atom. The van der Waals surface area contributed by atoms with Crippen LogP contribution in [0.2, 0.25) is 0 Å². The first-order valence-electron chi connectivity index (χ1n) is 5.34. The molecule has 0 saturated heterocycles. The molecule has 0 spiro atoms. The van der Waals surface area contributed by atoms with E-state index in [-0.39, 0.29) is 11.8 Å². The third-order valence-electron chi connectivity index (χ3n) is 2.71. The first-order chi connectivity index (χ1) is 7.75. The summed E-state index contributed by atoms with van der Waals surface area (Å²) in [4.78, 5) is 11.4. The number of hydrazone groups is 1. The van der Waals surface area contributed by atoms with Crippen LogP contribution in [-0.2, 0) is 4.79 Å². The molecule has 0 bridgehead atoms. The van der Waals surface area contributed by atoms with Crippen LogP contribution in [0.15, 0.2) is 33.8 Å². The Balaban J connectivity index is 1.87. The standard InChI is InChI=1S/C12H13BrN2O/c13-11-6-1-3-9(7-11)8-14-15-12(16)10-4-2-5-10/h1,3,6-8,10H,2,4-5H2,(H,15,16). The van der Waals surface area contributed by atoms with Crippen LogP contribution in [0.25, 0.3) is 0 Å². The van der Waals surface area contributed by atoms with Crippen molar-refractivity contribution < 1.29 is 4.79 Å². The summed E-state index contributed by atoms with van der Waals surface area (Å²) in [6, 6.07) is 7.76. The Bertz CT molecular complexity index is 413. The van der Waals surface area contributed by atoms with Crippen LogP contribution < -0.4 is 5.43 Å². The van der Waals surface area contributed by atoms with E-state index in [1.54, 1.807) is 6.21 Å². The van der Waals surface area contributed by atoms with Crippen LogP contribution in [0.4, 0.5) is 0 Å². The molecule has 84 valence electrons. The van der Waals surface area contributed by atoms with Crippen molar-refractivity contribution in [2.24, 2.45) is 11.0 Å². The highest BCUT2D eigenvalue weighted by molar-refractivity contribution is 9.10. The van der Waals surface area contributed by atoms with Gasteiger partial charge in [0.25, 0.3) is 0 Å². The fraction of sp³-hybridized carbons (Fsp3) is 0.333. The minimum absolute atomic E-state index is 0.0393.